The van der Waals surface area contributed by atoms with E-state index in [0.717, 1.165) is 5.56 Å². The largest absolute Gasteiger partial charge is 0.396 e. The fraction of sp³-hybridized carbons (Fsp3) is 0.143. The van der Waals surface area contributed by atoms with Gasteiger partial charge < -0.3 is 5.11 Å². The van der Waals surface area contributed by atoms with E-state index < -0.39 is 10.0 Å². The first kappa shape index (κ1) is 14.8. The summed E-state index contributed by atoms with van der Waals surface area (Å²) in [5.74, 6) is 0. The zero-order valence-electron chi connectivity index (χ0n) is 10.6. The van der Waals surface area contributed by atoms with Crippen molar-refractivity contribution in [1.29, 1.82) is 0 Å². The van der Waals surface area contributed by atoms with Gasteiger partial charge in [0, 0.05) is 11.6 Å². The molecule has 106 valence electrons. The summed E-state index contributed by atoms with van der Waals surface area (Å²) < 4.78 is 26.8. The first-order valence-corrected chi connectivity index (χ1v) is 7.85. The predicted octanol–water partition coefficient (Wildman–Crippen LogP) is 2.68. The Labute approximate surface area is 123 Å². The van der Waals surface area contributed by atoms with Gasteiger partial charge in [0.25, 0.3) is 10.0 Å². The molecule has 4 nitrogen and oxygen atoms in total. The molecule has 0 amide bonds. The molecule has 20 heavy (non-hydrogen) atoms. The molecule has 0 aliphatic carbocycles. The number of benzene rings is 2. The van der Waals surface area contributed by atoms with Crippen molar-refractivity contribution in [2.75, 3.05) is 11.3 Å². The van der Waals surface area contributed by atoms with Gasteiger partial charge in [-0.15, -0.1) is 0 Å². The number of nitrogens with one attached hydrogen (secondary N) is 1. The normalized spacial score (nSPS) is 11.3. The minimum absolute atomic E-state index is 0.0346. The Morgan fingerprint density at radius 3 is 2.40 bits per heavy atom. The van der Waals surface area contributed by atoms with Gasteiger partial charge in [0.15, 0.2) is 0 Å². The number of aliphatic hydroxyl groups excluding tert-OH is 1. The van der Waals surface area contributed by atoms with Crippen LogP contribution in [0.5, 0.6) is 0 Å². The number of rotatable bonds is 5. The van der Waals surface area contributed by atoms with Crippen molar-refractivity contribution in [2.24, 2.45) is 0 Å². The maximum atomic E-state index is 12.2. The highest BCUT2D eigenvalue weighted by Crippen LogP contribution is 2.19. The molecule has 0 aliphatic heterocycles. The molecule has 0 bridgehead atoms. The smallest absolute Gasteiger partial charge is 0.261 e. The summed E-state index contributed by atoms with van der Waals surface area (Å²) in [5, 5.41) is 9.29. The van der Waals surface area contributed by atoms with Gasteiger partial charge in [-0.05, 0) is 42.3 Å². The number of sulfonamides is 1. The van der Waals surface area contributed by atoms with Crippen molar-refractivity contribution in [3.8, 4) is 0 Å². The van der Waals surface area contributed by atoms with Crippen LogP contribution < -0.4 is 4.72 Å². The number of anilines is 1. The third-order valence-corrected chi connectivity index (χ3v) is 4.34. The van der Waals surface area contributed by atoms with E-state index in [0.29, 0.717) is 17.1 Å². The van der Waals surface area contributed by atoms with E-state index in [9.17, 15) is 8.42 Å². The van der Waals surface area contributed by atoms with Crippen molar-refractivity contribution in [2.45, 2.75) is 11.3 Å². The minimum atomic E-state index is -3.63. The van der Waals surface area contributed by atoms with Crippen molar-refractivity contribution < 1.29 is 13.5 Å². The summed E-state index contributed by atoms with van der Waals surface area (Å²) in [6, 6.07) is 12.9. The molecule has 0 fully saturated rings. The van der Waals surface area contributed by atoms with Crippen molar-refractivity contribution in [3.63, 3.8) is 0 Å². The molecule has 0 spiro atoms. The second-order valence-corrected chi connectivity index (χ2v) is 6.35. The monoisotopic (exact) mass is 311 g/mol. The standard InChI is InChI=1S/C14H14ClNO3S/c15-12-2-1-3-13(10-12)16-20(18,19)14-6-4-11(5-7-14)8-9-17/h1-7,10,16-17H,8-9H2. The lowest BCUT2D eigenvalue weighted by Crippen LogP contribution is -2.12. The average Bonchev–Trinajstić information content (AvgIpc) is 2.39. The Balaban J connectivity index is 2.21. The molecule has 0 heterocycles. The summed E-state index contributed by atoms with van der Waals surface area (Å²) in [4.78, 5) is 0.166. The van der Waals surface area contributed by atoms with Crippen LogP contribution in [-0.2, 0) is 16.4 Å². The van der Waals surface area contributed by atoms with E-state index in [2.05, 4.69) is 4.72 Å². The molecular weight excluding hydrogens is 298 g/mol. The van der Waals surface area contributed by atoms with Crippen LogP contribution in [0.15, 0.2) is 53.4 Å². The number of hydrogen-bond acceptors (Lipinski definition) is 3. The lowest BCUT2D eigenvalue weighted by molar-refractivity contribution is 0.299. The summed E-state index contributed by atoms with van der Waals surface area (Å²) in [6.07, 6.45) is 0.502. The SMILES string of the molecule is O=S(=O)(Nc1cccc(Cl)c1)c1ccc(CCO)cc1. The van der Waals surface area contributed by atoms with E-state index in [4.69, 9.17) is 16.7 Å². The first-order chi connectivity index (χ1) is 9.51. The van der Waals surface area contributed by atoms with Crippen molar-refractivity contribution in [1.82, 2.24) is 0 Å². The maximum absolute atomic E-state index is 12.2. The maximum Gasteiger partial charge on any atom is 0.261 e. The number of hydrogen-bond donors (Lipinski definition) is 2. The van der Waals surface area contributed by atoms with Crippen LogP contribution in [0.1, 0.15) is 5.56 Å². The van der Waals surface area contributed by atoms with E-state index >= 15 is 0 Å². The van der Waals surface area contributed by atoms with E-state index in [1.54, 1.807) is 36.4 Å². The summed E-state index contributed by atoms with van der Waals surface area (Å²) in [5.41, 5.74) is 1.30. The third kappa shape index (κ3) is 3.72. The number of aliphatic hydroxyl groups is 1. The molecule has 0 saturated carbocycles. The average molecular weight is 312 g/mol. The minimum Gasteiger partial charge on any atom is -0.396 e. The molecule has 6 heteroatoms. The molecule has 0 radical (unpaired) electrons. The van der Waals surface area contributed by atoms with Gasteiger partial charge in [0.2, 0.25) is 0 Å². The molecule has 2 aromatic rings. The highest BCUT2D eigenvalue weighted by atomic mass is 35.5. The first-order valence-electron chi connectivity index (χ1n) is 5.99. The van der Waals surface area contributed by atoms with Crippen LogP contribution in [0.2, 0.25) is 5.02 Å². The van der Waals surface area contributed by atoms with Crippen LogP contribution in [0, 0.1) is 0 Å². The predicted molar refractivity (Wildman–Crippen MR) is 79.5 cm³/mol. The van der Waals surface area contributed by atoms with Crippen LogP contribution >= 0.6 is 11.6 Å². The van der Waals surface area contributed by atoms with Gasteiger partial charge in [-0.2, -0.15) is 0 Å². The molecule has 0 aromatic heterocycles. The molecule has 0 atom stereocenters. The molecule has 2 aromatic carbocycles. The van der Waals surface area contributed by atoms with Crippen LogP contribution in [0.25, 0.3) is 0 Å². The van der Waals surface area contributed by atoms with Gasteiger partial charge in [-0.25, -0.2) is 8.42 Å². The van der Waals surface area contributed by atoms with Gasteiger partial charge >= 0.3 is 0 Å². The second kappa shape index (κ2) is 6.26. The Morgan fingerprint density at radius 2 is 1.80 bits per heavy atom. The topological polar surface area (TPSA) is 66.4 Å². The van der Waals surface area contributed by atoms with Gasteiger partial charge in [0.05, 0.1) is 10.6 Å². The van der Waals surface area contributed by atoms with E-state index in [1.807, 2.05) is 0 Å². The lowest BCUT2D eigenvalue weighted by Gasteiger charge is -2.09. The molecular formula is C14H14ClNO3S. The van der Waals surface area contributed by atoms with Gasteiger partial charge in [0.1, 0.15) is 0 Å². The fourth-order valence-electron chi connectivity index (χ4n) is 1.73. The molecule has 2 N–H and O–H groups in total. The highest BCUT2D eigenvalue weighted by molar-refractivity contribution is 7.92. The molecule has 2 rings (SSSR count). The van der Waals surface area contributed by atoms with Crippen molar-refractivity contribution >= 4 is 27.3 Å². The zero-order valence-corrected chi connectivity index (χ0v) is 12.2. The Morgan fingerprint density at radius 1 is 1.10 bits per heavy atom. The van der Waals surface area contributed by atoms with Crippen LogP contribution in [0.4, 0.5) is 5.69 Å². The van der Waals surface area contributed by atoms with Crippen LogP contribution in [-0.4, -0.2) is 20.1 Å². The summed E-state index contributed by atoms with van der Waals surface area (Å²) in [6.45, 7) is 0.0346. The van der Waals surface area contributed by atoms with Crippen molar-refractivity contribution in [3.05, 3.63) is 59.1 Å². The van der Waals surface area contributed by atoms with E-state index in [1.165, 1.54) is 12.1 Å². The zero-order chi connectivity index (χ0) is 14.6. The molecule has 0 unspecified atom stereocenters. The lowest BCUT2D eigenvalue weighted by atomic mass is 10.2. The van der Waals surface area contributed by atoms with Gasteiger partial charge in [-0.3, -0.25) is 4.72 Å². The Hall–Kier alpha value is -1.56. The summed E-state index contributed by atoms with van der Waals surface area (Å²) in [7, 11) is -3.63. The van der Waals surface area contributed by atoms with Gasteiger partial charge in [-0.1, -0.05) is 29.8 Å². The fourth-order valence-corrected chi connectivity index (χ4v) is 2.97. The second-order valence-electron chi connectivity index (χ2n) is 4.23. The Kier molecular flexibility index (Phi) is 4.65. The van der Waals surface area contributed by atoms with Crippen LogP contribution in [0.3, 0.4) is 0 Å². The third-order valence-electron chi connectivity index (χ3n) is 2.71. The quantitative estimate of drug-likeness (QED) is 0.892. The molecule has 0 saturated heterocycles. The van der Waals surface area contributed by atoms with E-state index in [-0.39, 0.29) is 11.5 Å². The Bertz CT molecular complexity index is 684. The number of halogens is 1. The molecule has 0 aliphatic rings. The highest BCUT2D eigenvalue weighted by Gasteiger charge is 2.14. The summed E-state index contributed by atoms with van der Waals surface area (Å²) >= 11 is 5.82.